The molecule has 0 aromatic rings. The fourth-order valence-electron chi connectivity index (χ4n) is 2.54. The van der Waals surface area contributed by atoms with Crippen molar-refractivity contribution in [1.29, 1.82) is 0 Å². The second kappa shape index (κ2) is 14.3. The van der Waals surface area contributed by atoms with Gasteiger partial charge in [0.15, 0.2) is 0 Å². The summed E-state index contributed by atoms with van der Waals surface area (Å²) < 4.78 is 0. The van der Waals surface area contributed by atoms with E-state index in [0.717, 1.165) is 6.42 Å². The Kier molecular flexibility index (Phi) is 14.5. The van der Waals surface area contributed by atoms with Gasteiger partial charge in [-0.15, -0.1) is 0 Å². The molecule has 0 aliphatic heterocycles. The number of hydrogen-bond donors (Lipinski definition) is 2. The quantitative estimate of drug-likeness (QED) is 0.291. The van der Waals surface area contributed by atoms with E-state index in [0.29, 0.717) is 12.3 Å². The summed E-state index contributed by atoms with van der Waals surface area (Å²) in [6, 6.07) is 0. The standard InChI is InChI=1S/C17H38O2P/c1-3-5-6-7-8-9-10-11-12-13-14-15-16-17-20(18,19)4-2/h18-19H,3-17H2,1-2H3/q+1. The molecule has 0 bridgehead atoms. The minimum absolute atomic E-state index is 0.547. The van der Waals surface area contributed by atoms with Crippen LogP contribution in [0.3, 0.4) is 0 Å². The SMILES string of the molecule is CCCCCCCCCCCCCCC[P+](O)(O)CC. The Balaban J connectivity index is 3.06. The minimum Gasteiger partial charge on any atom is -0.220 e. The van der Waals surface area contributed by atoms with Gasteiger partial charge in [-0.2, -0.15) is 0 Å². The van der Waals surface area contributed by atoms with Crippen molar-refractivity contribution in [3.05, 3.63) is 0 Å². The van der Waals surface area contributed by atoms with Gasteiger partial charge in [-0.1, -0.05) is 77.6 Å². The summed E-state index contributed by atoms with van der Waals surface area (Å²) in [6.07, 6.45) is 18.5. The van der Waals surface area contributed by atoms with E-state index in [2.05, 4.69) is 6.92 Å². The Hall–Kier alpha value is 0.350. The van der Waals surface area contributed by atoms with Crippen LogP contribution in [0.15, 0.2) is 0 Å². The molecule has 0 heterocycles. The highest BCUT2D eigenvalue weighted by molar-refractivity contribution is 7.64. The Bertz CT molecular complexity index is 195. The van der Waals surface area contributed by atoms with Gasteiger partial charge in [-0.05, 0) is 19.8 Å². The molecule has 122 valence electrons. The summed E-state index contributed by atoms with van der Waals surface area (Å²) in [7, 11) is -2.51. The van der Waals surface area contributed by atoms with Crippen LogP contribution in [0.1, 0.15) is 97.3 Å². The molecule has 0 aromatic heterocycles. The third-order valence-electron chi connectivity index (χ3n) is 4.13. The van der Waals surface area contributed by atoms with Crippen molar-refractivity contribution in [2.75, 3.05) is 12.3 Å². The molecule has 3 heteroatoms. The third kappa shape index (κ3) is 14.8. The van der Waals surface area contributed by atoms with E-state index in [1.807, 2.05) is 6.92 Å². The summed E-state index contributed by atoms with van der Waals surface area (Å²) in [6.45, 7) is 4.14. The van der Waals surface area contributed by atoms with Crippen LogP contribution in [0, 0.1) is 0 Å². The molecule has 2 N–H and O–H groups in total. The van der Waals surface area contributed by atoms with Gasteiger partial charge in [0.1, 0.15) is 12.3 Å². The van der Waals surface area contributed by atoms with Crippen LogP contribution in [0.4, 0.5) is 0 Å². The lowest BCUT2D eigenvalue weighted by Gasteiger charge is -2.09. The van der Waals surface area contributed by atoms with Crippen molar-refractivity contribution in [3.8, 4) is 0 Å². The lowest BCUT2D eigenvalue weighted by molar-refractivity contribution is 0.446. The topological polar surface area (TPSA) is 40.5 Å². The van der Waals surface area contributed by atoms with Crippen molar-refractivity contribution in [3.63, 3.8) is 0 Å². The predicted molar refractivity (Wildman–Crippen MR) is 92.5 cm³/mol. The number of unbranched alkanes of at least 4 members (excludes halogenated alkanes) is 12. The normalized spacial score (nSPS) is 12.0. The highest BCUT2D eigenvalue weighted by Gasteiger charge is 2.28. The zero-order valence-electron chi connectivity index (χ0n) is 13.9. The van der Waals surface area contributed by atoms with E-state index in [1.54, 1.807) is 0 Å². The molecular formula is C17H38O2P+. The molecule has 0 amide bonds. The summed E-state index contributed by atoms with van der Waals surface area (Å²) >= 11 is 0. The molecule has 20 heavy (non-hydrogen) atoms. The average molecular weight is 305 g/mol. The fraction of sp³-hybridized carbons (Fsp3) is 1.00. The lowest BCUT2D eigenvalue weighted by atomic mass is 10.1. The summed E-state index contributed by atoms with van der Waals surface area (Å²) in [5, 5.41) is 0. The van der Waals surface area contributed by atoms with Crippen molar-refractivity contribution in [1.82, 2.24) is 0 Å². The molecule has 0 rings (SSSR count). The van der Waals surface area contributed by atoms with E-state index in [9.17, 15) is 9.79 Å². The Morgan fingerprint density at radius 1 is 0.550 bits per heavy atom. The van der Waals surface area contributed by atoms with E-state index >= 15 is 0 Å². The fourth-order valence-corrected chi connectivity index (χ4v) is 3.59. The average Bonchev–Trinajstić information content (AvgIpc) is 2.44. The minimum atomic E-state index is -2.51. The van der Waals surface area contributed by atoms with E-state index in [1.165, 1.54) is 77.0 Å². The van der Waals surface area contributed by atoms with Gasteiger partial charge < -0.3 is 0 Å². The van der Waals surface area contributed by atoms with Gasteiger partial charge in [0, 0.05) is 0 Å². The molecule has 0 atom stereocenters. The monoisotopic (exact) mass is 305 g/mol. The highest BCUT2D eigenvalue weighted by Crippen LogP contribution is 2.49. The molecule has 0 fully saturated rings. The molecule has 0 aliphatic rings. The van der Waals surface area contributed by atoms with Gasteiger partial charge >= 0.3 is 0 Å². The van der Waals surface area contributed by atoms with Gasteiger partial charge in [0.05, 0.1) is 0 Å². The molecule has 0 aliphatic carbocycles. The maximum absolute atomic E-state index is 9.57. The first kappa shape index (κ1) is 20.3. The molecule has 2 nitrogen and oxygen atoms in total. The van der Waals surface area contributed by atoms with Crippen LogP contribution in [-0.2, 0) is 0 Å². The largest absolute Gasteiger partial charge is 0.267 e. The van der Waals surface area contributed by atoms with E-state index < -0.39 is 7.72 Å². The molecule has 0 unspecified atom stereocenters. The predicted octanol–water partition coefficient (Wildman–Crippen LogP) is 5.93. The molecule has 0 saturated carbocycles. The van der Waals surface area contributed by atoms with Crippen LogP contribution in [0.2, 0.25) is 0 Å². The van der Waals surface area contributed by atoms with Crippen LogP contribution in [0.25, 0.3) is 0 Å². The summed E-state index contributed by atoms with van der Waals surface area (Å²) in [5.74, 6) is 0. The van der Waals surface area contributed by atoms with Crippen molar-refractivity contribution in [2.45, 2.75) is 97.3 Å². The summed E-state index contributed by atoms with van der Waals surface area (Å²) in [4.78, 5) is 19.1. The molecule has 0 spiro atoms. The second-order valence-electron chi connectivity index (χ2n) is 6.16. The van der Waals surface area contributed by atoms with Gasteiger partial charge in [0.2, 0.25) is 0 Å². The van der Waals surface area contributed by atoms with Crippen molar-refractivity contribution < 1.29 is 9.79 Å². The van der Waals surface area contributed by atoms with Gasteiger partial charge in [0.25, 0.3) is 7.72 Å². The maximum atomic E-state index is 9.57. The summed E-state index contributed by atoms with van der Waals surface area (Å²) in [5.41, 5.74) is 0. The Morgan fingerprint density at radius 2 is 0.900 bits per heavy atom. The zero-order chi connectivity index (χ0) is 15.1. The van der Waals surface area contributed by atoms with E-state index in [4.69, 9.17) is 0 Å². The Morgan fingerprint density at radius 3 is 1.25 bits per heavy atom. The number of rotatable bonds is 15. The van der Waals surface area contributed by atoms with Gasteiger partial charge in [-0.25, -0.2) is 9.79 Å². The van der Waals surface area contributed by atoms with Gasteiger partial charge in [-0.3, -0.25) is 0 Å². The van der Waals surface area contributed by atoms with Crippen molar-refractivity contribution in [2.24, 2.45) is 0 Å². The second-order valence-corrected chi connectivity index (χ2v) is 9.00. The first-order valence-electron chi connectivity index (χ1n) is 8.95. The first-order valence-corrected chi connectivity index (χ1v) is 11.0. The molecule has 0 saturated heterocycles. The molecule has 0 radical (unpaired) electrons. The zero-order valence-corrected chi connectivity index (χ0v) is 14.8. The Labute approximate surface area is 127 Å². The van der Waals surface area contributed by atoms with Crippen LogP contribution in [0.5, 0.6) is 0 Å². The first-order chi connectivity index (χ1) is 9.62. The smallest absolute Gasteiger partial charge is 0.220 e. The molecular weight excluding hydrogens is 267 g/mol. The number of hydrogen-bond acceptors (Lipinski definition) is 2. The van der Waals surface area contributed by atoms with Crippen LogP contribution >= 0.6 is 7.72 Å². The van der Waals surface area contributed by atoms with E-state index in [-0.39, 0.29) is 0 Å². The third-order valence-corrected chi connectivity index (χ3v) is 6.17. The van der Waals surface area contributed by atoms with Crippen molar-refractivity contribution >= 4 is 7.72 Å². The highest BCUT2D eigenvalue weighted by atomic mass is 31.2. The lowest BCUT2D eigenvalue weighted by Crippen LogP contribution is -1.99. The molecule has 0 aromatic carbocycles. The van der Waals surface area contributed by atoms with Crippen LogP contribution in [-0.4, -0.2) is 22.1 Å². The van der Waals surface area contributed by atoms with Crippen LogP contribution < -0.4 is 0 Å². The maximum Gasteiger partial charge on any atom is 0.267 e.